The Morgan fingerprint density at radius 3 is 2.38 bits per heavy atom. The van der Waals surface area contributed by atoms with Crippen LogP contribution in [0.15, 0.2) is 24.3 Å². The molecule has 1 aliphatic heterocycles. The highest BCUT2D eigenvalue weighted by Crippen LogP contribution is 2.19. The molecular weight excluding hydrogens is 350 g/mol. The largest absolute Gasteiger partial charge is 0.369 e. The van der Waals surface area contributed by atoms with Crippen LogP contribution < -0.4 is 10.2 Å². The Balaban J connectivity index is 1.83. The van der Waals surface area contributed by atoms with Gasteiger partial charge in [-0.1, -0.05) is 26.0 Å². The predicted molar refractivity (Wildman–Crippen MR) is 106 cm³/mol. The lowest BCUT2D eigenvalue weighted by atomic mass is 10.0. The molecule has 7 heteroatoms. The summed E-state index contributed by atoms with van der Waals surface area (Å²) >= 11 is 0. The van der Waals surface area contributed by atoms with Gasteiger partial charge in [0, 0.05) is 44.3 Å². The van der Waals surface area contributed by atoms with Gasteiger partial charge < -0.3 is 10.2 Å². The zero-order valence-electron chi connectivity index (χ0n) is 16.1. The molecule has 0 saturated carbocycles. The first-order valence-corrected chi connectivity index (χ1v) is 11.1. The number of amides is 1. The van der Waals surface area contributed by atoms with Crippen LogP contribution in [0.25, 0.3) is 0 Å². The number of carbonyl (C=O) groups excluding carboxylic acids is 1. The molecule has 0 unspecified atom stereocenters. The average Bonchev–Trinajstić information content (AvgIpc) is 2.63. The number of hydrogen-bond donors (Lipinski definition) is 1. The smallest absolute Gasteiger partial charge is 0.223 e. The van der Waals surface area contributed by atoms with Crippen molar-refractivity contribution < 1.29 is 13.2 Å². The topological polar surface area (TPSA) is 69.7 Å². The van der Waals surface area contributed by atoms with Gasteiger partial charge in [-0.2, -0.15) is 4.31 Å². The summed E-state index contributed by atoms with van der Waals surface area (Å²) < 4.78 is 26.6. The second-order valence-corrected chi connectivity index (χ2v) is 8.93. The molecule has 1 aromatic rings. The van der Waals surface area contributed by atoms with Crippen molar-refractivity contribution in [2.45, 2.75) is 33.6 Å². The maximum Gasteiger partial charge on any atom is 0.223 e. The fraction of sp³-hybridized carbons (Fsp3) is 0.632. The fourth-order valence-corrected chi connectivity index (χ4v) is 4.62. The number of benzene rings is 1. The molecule has 1 fully saturated rings. The van der Waals surface area contributed by atoms with E-state index in [4.69, 9.17) is 0 Å². The van der Waals surface area contributed by atoms with Gasteiger partial charge in [0.25, 0.3) is 0 Å². The first kappa shape index (κ1) is 20.7. The number of hydrogen-bond acceptors (Lipinski definition) is 4. The van der Waals surface area contributed by atoms with Gasteiger partial charge in [0.05, 0.1) is 5.75 Å². The molecule has 1 N–H and O–H groups in total. The summed E-state index contributed by atoms with van der Waals surface area (Å²) in [6.07, 6.45) is 1.55. The summed E-state index contributed by atoms with van der Waals surface area (Å²) in [4.78, 5) is 14.2. The minimum Gasteiger partial charge on any atom is -0.369 e. The first-order valence-electron chi connectivity index (χ1n) is 9.44. The summed E-state index contributed by atoms with van der Waals surface area (Å²) in [6, 6.07) is 8.26. The molecule has 0 aromatic heterocycles. The summed E-state index contributed by atoms with van der Waals surface area (Å²) in [5, 5.41) is 2.77. The summed E-state index contributed by atoms with van der Waals surface area (Å²) in [6.45, 7) is 8.51. The Labute approximate surface area is 157 Å². The van der Waals surface area contributed by atoms with Gasteiger partial charge >= 0.3 is 0 Å². The zero-order valence-corrected chi connectivity index (χ0v) is 16.9. The number of sulfonamides is 1. The highest BCUT2D eigenvalue weighted by molar-refractivity contribution is 7.89. The standard InChI is InChI=1S/C19H31N3O3S/c1-4-17(5-2)19(23)20-9-14-26(24,25)22-12-10-21(11-13-22)18-8-6-7-16(3)15-18/h6-8,15,17H,4-5,9-14H2,1-3H3,(H,20,23). The van der Waals surface area contributed by atoms with Crippen molar-refractivity contribution in [2.24, 2.45) is 5.92 Å². The lowest BCUT2D eigenvalue weighted by Gasteiger charge is -2.35. The first-order chi connectivity index (χ1) is 12.4. The third-order valence-electron chi connectivity index (χ3n) is 5.01. The minimum absolute atomic E-state index is 0.0319. The molecule has 26 heavy (non-hydrogen) atoms. The number of anilines is 1. The molecule has 0 radical (unpaired) electrons. The molecular formula is C19H31N3O3S. The van der Waals surface area contributed by atoms with E-state index in [0.717, 1.165) is 18.5 Å². The van der Waals surface area contributed by atoms with Crippen LogP contribution in [0.2, 0.25) is 0 Å². The van der Waals surface area contributed by atoms with E-state index in [-0.39, 0.29) is 24.1 Å². The summed E-state index contributed by atoms with van der Waals surface area (Å²) in [5.74, 6) is -0.117. The van der Waals surface area contributed by atoms with E-state index in [1.165, 1.54) is 5.56 Å². The molecule has 1 heterocycles. The van der Waals surface area contributed by atoms with E-state index in [2.05, 4.69) is 35.3 Å². The number of piperazine rings is 1. The third-order valence-corrected chi connectivity index (χ3v) is 6.89. The van der Waals surface area contributed by atoms with Gasteiger partial charge in [-0.25, -0.2) is 8.42 Å². The Bertz CT molecular complexity index is 694. The number of nitrogens with one attached hydrogen (secondary N) is 1. The van der Waals surface area contributed by atoms with Gasteiger partial charge in [0.2, 0.25) is 15.9 Å². The molecule has 0 aliphatic carbocycles. The Hall–Kier alpha value is -1.60. The Morgan fingerprint density at radius 1 is 1.15 bits per heavy atom. The molecule has 146 valence electrons. The second-order valence-electron chi connectivity index (χ2n) is 6.85. The lowest BCUT2D eigenvalue weighted by Crippen LogP contribution is -2.50. The maximum absolute atomic E-state index is 12.5. The monoisotopic (exact) mass is 381 g/mol. The fourth-order valence-electron chi connectivity index (χ4n) is 3.29. The molecule has 1 saturated heterocycles. The van der Waals surface area contributed by atoms with Gasteiger partial charge in [0.1, 0.15) is 0 Å². The normalized spacial score (nSPS) is 16.1. The van der Waals surface area contributed by atoms with E-state index in [1.54, 1.807) is 4.31 Å². The van der Waals surface area contributed by atoms with Crippen LogP contribution in [0.3, 0.4) is 0 Å². The van der Waals surface area contributed by atoms with Crippen molar-refractivity contribution >= 4 is 21.6 Å². The van der Waals surface area contributed by atoms with Crippen molar-refractivity contribution in [3.8, 4) is 0 Å². The summed E-state index contributed by atoms with van der Waals surface area (Å²) in [7, 11) is -3.34. The maximum atomic E-state index is 12.5. The van der Waals surface area contributed by atoms with Crippen LogP contribution in [0, 0.1) is 12.8 Å². The third kappa shape index (κ3) is 5.45. The van der Waals surface area contributed by atoms with E-state index in [0.29, 0.717) is 26.2 Å². The van der Waals surface area contributed by atoms with Gasteiger partial charge in [-0.15, -0.1) is 0 Å². The zero-order chi connectivity index (χ0) is 19.2. The van der Waals surface area contributed by atoms with E-state index in [1.807, 2.05) is 19.9 Å². The highest BCUT2D eigenvalue weighted by Gasteiger charge is 2.27. The molecule has 1 aromatic carbocycles. The van der Waals surface area contributed by atoms with Gasteiger partial charge in [-0.3, -0.25) is 4.79 Å². The van der Waals surface area contributed by atoms with E-state index < -0.39 is 10.0 Å². The van der Waals surface area contributed by atoms with Crippen LogP contribution >= 0.6 is 0 Å². The van der Waals surface area contributed by atoms with Crippen molar-refractivity contribution in [1.29, 1.82) is 0 Å². The summed E-state index contributed by atoms with van der Waals surface area (Å²) in [5.41, 5.74) is 2.34. The molecule has 1 amide bonds. The predicted octanol–water partition coefficient (Wildman–Crippen LogP) is 2.00. The second kappa shape index (κ2) is 9.37. The molecule has 0 spiro atoms. The van der Waals surface area contributed by atoms with Gasteiger partial charge in [0.15, 0.2) is 0 Å². The van der Waals surface area contributed by atoms with Crippen molar-refractivity contribution in [3.63, 3.8) is 0 Å². The van der Waals surface area contributed by atoms with Crippen molar-refractivity contribution in [3.05, 3.63) is 29.8 Å². The van der Waals surface area contributed by atoms with E-state index >= 15 is 0 Å². The number of nitrogens with zero attached hydrogens (tertiary/aromatic N) is 2. The molecule has 1 aliphatic rings. The molecule has 0 bridgehead atoms. The quantitative estimate of drug-likeness (QED) is 0.748. The van der Waals surface area contributed by atoms with E-state index in [9.17, 15) is 13.2 Å². The van der Waals surface area contributed by atoms with Crippen molar-refractivity contribution in [2.75, 3.05) is 43.4 Å². The van der Waals surface area contributed by atoms with Crippen molar-refractivity contribution in [1.82, 2.24) is 9.62 Å². The molecule has 2 rings (SSSR count). The Kier molecular flexibility index (Phi) is 7.46. The lowest BCUT2D eigenvalue weighted by molar-refractivity contribution is -0.125. The Morgan fingerprint density at radius 2 is 1.81 bits per heavy atom. The highest BCUT2D eigenvalue weighted by atomic mass is 32.2. The minimum atomic E-state index is -3.34. The SMILES string of the molecule is CCC(CC)C(=O)NCCS(=O)(=O)N1CCN(c2cccc(C)c2)CC1. The molecule has 6 nitrogen and oxygen atoms in total. The van der Waals surface area contributed by atoms with Crippen LogP contribution in [0.4, 0.5) is 5.69 Å². The van der Waals surface area contributed by atoms with Crippen LogP contribution in [-0.4, -0.2) is 57.1 Å². The average molecular weight is 382 g/mol. The van der Waals surface area contributed by atoms with Crippen LogP contribution in [-0.2, 0) is 14.8 Å². The van der Waals surface area contributed by atoms with Crippen LogP contribution in [0.5, 0.6) is 0 Å². The number of aryl methyl sites for hydroxylation is 1. The van der Waals surface area contributed by atoms with Gasteiger partial charge in [-0.05, 0) is 37.5 Å². The molecule has 0 atom stereocenters. The van der Waals surface area contributed by atoms with Crippen LogP contribution in [0.1, 0.15) is 32.3 Å². The number of rotatable bonds is 8. The number of carbonyl (C=O) groups is 1.